The van der Waals surface area contributed by atoms with Crippen molar-refractivity contribution in [2.45, 2.75) is 0 Å². The molecule has 0 unspecified atom stereocenters. The van der Waals surface area contributed by atoms with Gasteiger partial charge in [0.2, 0.25) is 5.36 Å². The Labute approximate surface area is 169 Å². The van der Waals surface area contributed by atoms with Crippen LogP contribution in [-0.4, -0.2) is 39.3 Å². The summed E-state index contributed by atoms with van der Waals surface area (Å²) in [5.41, 5.74) is 4.83. The first-order valence-electron chi connectivity index (χ1n) is 9.37. The van der Waals surface area contributed by atoms with Crippen molar-refractivity contribution < 1.29 is 14.3 Å². The van der Waals surface area contributed by atoms with Crippen LogP contribution in [0.1, 0.15) is 10.4 Å². The minimum Gasteiger partial charge on any atom is -0.478 e. The molecule has 0 saturated heterocycles. The van der Waals surface area contributed by atoms with Crippen LogP contribution in [-0.2, 0) is 0 Å². The van der Waals surface area contributed by atoms with E-state index in [4.69, 9.17) is 4.42 Å². The molecular weight excluding hydrogens is 364 g/mol. The summed E-state index contributed by atoms with van der Waals surface area (Å²) in [5.74, 6) is -0.179. The van der Waals surface area contributed by atoms with Crippen molar-refractivity contribution in [3.05, 3.63) is 71.6 Å². The van der Waals surface area contributed by atoms with Crippen LogP contribution in [0, 0.1) is 0 Å². The van der Waals surface area contributed by atoms with E-state index < -0.39 is 5.97 Å². The van der Waals surface area contributed by atoms with E-state index in [1.54, 1.807) is 18.2 Å². The van der Waals surface area contributed by atoms with Gasteiger partial charge in [-0.3, -0.25) is 0 Å². The third kappa shape index (κ3) is 3.36. The van der Waals surface area contributed by atoms with Gasteiger partial charge in [0.05, 0.1) is 11.6 Å². The maximum absolute atomic E-state index is 11.5. The van der Waals surface area contributed by atoms with Gasteiger partial charge in [0.15, 0.2) is 0 Å². The predicted molar refractivity (Wildman–Crippen MR) is 117 cm³/mol. The number of carboxylic acid groups (broad SMARTS) is 1. The Bertz CT molecular complexity index is 1280. The van der Waals surface area contributed by atoms with Crippen molar-refractivity contribution in [1.82, 2.24) is 4.58 Å². The van der Waals surface area contributed by atoms with E-state index in [1.807, 2.05) is 80.1 Å². The molecule has 29 heavy (non-hydrogen) atoms. The molecule has 1 heterocycles. The fourth-order valence-electron chi connectivity index (χ4n) is 3.54. The lowest BCUT2D eigenvalue weighted by Crippen LogP contribution is -2.21. The van der Waals surface area contributed by atoms with Gasteiger partial charge in [0.1, 0.15) is 25.4 Å². The molecule has 146 valence electrons. The zero-order valence-electron chi connectivity index (χ0n) is 16.9. The van der Waals surface area contributed by atoms with Crippen molar-refractivity contribution in [3.8, 4) is 22.5 Å². The molecule has 4 rings (SSSR count). The summed E-state index contributed by atoms with van der Waals surface area (Å²) in [4.78, 5) is 13.5. The number of aromatic carboxylic acids is 1. The average molecular weight is 387 g/mol. The molecule has 0 radical (unpaired) electrons. The van der Waals surface area contributed by atoms with Gasteiger partial charge >= 0.3 is 5.97 Å². The third-order valence-electron chi connectivity index (χ3n) is 5.12. The quantitative estimate of drug-likeness (QED) is 0.426. The molecule has 2 aromatic rings. The van der Waals surface area contributed by atoms with Crippen molar-refractivity contribution in [2.75, 3.05) is 33.1 Å². The number of carboxylic acids is 1. The van der Waals surface area contributed by atoms with E-state index in [2.05, 4.69) is 0 Å². The van der Waals surface area contributed by atoms with Gasteiger partial charge in [0, 0.05) is 48.4 Å². The maximum Gasteiger partial charge on any atom is 0.335 e. The van der Waals surface area contributed by atoms with Gasteiger partial charge in [-0.25, -0.2) is 9.37 Å². The second-order valence-electron chi connectivity index (χ2n) is 7.51. The Morgan fingerprint density at radius 2 is 1.79 bits per heavy atom. The van der Waals surface area contributed by atoms with Crippen LogP contribution in [0.3, 0.4) is 0 Å². The fraction of sp³-hybridized carbons (Fsp3) is 0.167. The Morgan fingerprint density at radius 3 is 2.48 bits per heavy atom. The molecule has 1 aliphatic carbocycles. The average Bonchev–Trinajstić information content (AvgIpc) is 2.71. The van der Waals surface area contributed by atoms with E-state index in [1.165, 1.54) is 0 Å². The molecule has 0 amide bonds. The largest absolute Gasteiger partial charge is 0.478 e. The first-order chi connectivity index (χ1) is 13.8. The van der Waals surface area contributed by atoms with Crippen LogP contribution in [0.25, 0.3) is 33.4 Å². The van der Waals surface area contributed by atoms with Crippen LogP contribution >= 0.6 is 0 Å². The fourth-order valence-corrected chi connectivity index (χ4v) is 3.54. The minimum absolute atomic E-state index is 0.263. The molecule has 1 N–H and O–H groups in total. The highest BCUT2D eigenvalue weighted by atomic mass is 16.4. The Hall–Kier alpha value is -3.60. The Kier molecular flexibility index (Phi) is 4.59. The Morgan fingerprint density at radius 1 is 1.00 bits per heavy atom. The zero-order valence-corrected chi connectivity index (χ0v) is 16.9. The van der Waals surface area contributed by atoms with E-state index in [0.717, 1.165) is 44.5 Å². The van der Waals surface area contributed by atoms with Gasteiger partial charge in [-0.1, -0.05) is 12.1 Å². The monoisotopic (exact) mass is 387 g/mol. The molecule has 5 heteroatoms. The summed E-state index contributed by atoms with van der Waals surface area (Å²) in [6, 6.07) is 19.2. The van der Waals surface area contributed by atoms with Crippen molar-refractivity contribution >= 4 is 22.6 Å². The number of carbonyl (C=O) groups is 1. The highest BCUT2D eigenvalue weighted by Crippen LogP contribution is 2.40. The van der Waals surface area contributed by atoms with Crippen LogP contribution in [0.5, 0.6) is 0 Å². The van der Waals surface area contributed by atoms with Crippen LogP contribution in [0.4, 0.5) is 5.69 Å². The van der Waals surface area contributed by atoms with E-state index in [-0.39, 0.29) is 5.56 Å². The van der Waals surface area contributed by atoms with E-state index in [9.17, 15) is 9.90 Å². The number of nitrogens with zero attached hydrogens (tertiary/aromatic N) is 2. The van der Waals surface area contributed by atoms with E-state index >= 15 is 0 Å². The molecular formula is C24H23N2O3+. The summed E-state index contributed by atoms with van der Waals surface area (Å²) >= 11 is 0. The number of anilines is 1. The van der Waals surface area contributed by atoms with Crippen molar-refractivity contribution in [3.63, 3.8) is 0 Å². The predicted octanol–water partition coefficient (Wildman–Crippen LogP) is 4.00. The van der Waals surface area contributed by atoms with Gasteiger partial charge in [-0.2, -0.15) is 0 Å². The Balaban J connectivity index is 2.13. The van der Waals surface area contributed by atoms with Crippen LogP contribution < -0.4 is 14.8 Å². The highest BCUT2D eigenvalue weighted by molar-refractivity contribution is 6.03. The second kappa shape index (κ2) is 7.09. The summed E-state index contributed by atoms with van der Waals surface area (Å²) in [5, 5.41) is 11.4. The number of hydrogen-bond donors (Lipinski definition) is 1. The molecule has 0 bridgehead atoms. The van der Waals surface area contributed by atoms with Gasteiger partial charge in [-0.15, -0.1) is 0 Å². The van der Waals surface area contributed by atoms with Crippen LogP contribution in [0.15, 0.2) is 65.1 Å². The van der Waals surface area contributed by atoms with E-state index in [0.29, 0.717) is 0 Å². The van der Waals surface area contributed by atoms with Gasteiger partial charge in [0.25, 0.3) is 0 Å². The van der Waals surface area contributed by atoms with Gasteiger partial charge in [-0.05, 0) is 35.9 Å². The summed E-state index contributed by atoms with van der Waals surface area (Å²) in [6.45, 7) is 0. The third-order valence-corrected chi connectivity index (χ3v) is 5.12. The maximum atomic E-state index is 11.5. The molecule has 0 spiro atoms. The second-order valence-corrected chi connectivity index (χ2v) is 7.51. The summed E-state index contributed by atoms with van der Waals surface area (Å²) < 4.78 is 8.33. The lowest BCUT2D eigenvalue weighted by Gasteiger charge is -2.18. The minimum atomic E-state index is -0.939. The SMILES string of the molecule is CN(C)c1ccc2c(-c3cccc(C(=O)O)c3)c3ccc(=[N+](C)C)cc-3oc2c1. The smallest absolute Gasteiger partial charge is 0.335 e. The molecule has 2 aliphatic rings. The summed E-state index contributed by atoms with van der Waals surface area (Å²) in [6.07, 6.45) is 0. The van der Waals surface area contributed by atoms with Crippen molar-refractivity contribution in [1.29, 1.82) is 0 Å². The highest BCUT2D eigenvalue weighted by Gasteiger charge is 2.19. The molecule has 5 nitrogen and oxygen atoms in total. The number of rotatable bonds is 3. The summed E-state index contributed by atoms with van der Waals surface area (Å²) in [7, 11) is 7.96. The van der Waals surface area contributed by atoms with Crippen molar-refractivity contribution in [2.24, 2.45) is 0 Å². The lowest BCUT2D eigenvalue weighted by molar-refractivity contribution is 0.0697. The topological polar surface area (TPSA) is 56.7 Å². The van der Waals surface area contributed by atoms with Gasteiger partial charge < -0.3 is 14.4 Å². The number of fused-ring (bicyclic) bond motifs is 2. The molecule has 0 atom stereocenters. The zero-order chi connectivity index (χ0) is 20.7. The molecule has 2 aromatic carbocycles. The first-order valence-corrected chi connectivity index (χ1v) is 9.37. The molecule has 0 aromatic heterocycles. The number of benzene rings is 3. The molecule has 1 aliphatic heterocycles. The lowest BCUT2D eigenvalue weighted by atomic mass is 9.92. The normalized spacial score (nSPS) is 11.0. The van der Waals surface area contributed by atoms with Crippen LogP contribution in [0.2, 0.25) is 0 Å². The number of hydrogen-bond acceptors (Lipinski definition) is 3. The molecule has 0 saturated carbocycles. The molecule has 0 fully saturated rings. The first kappa shape index (κ1) is 18.7. The standard InChI is InChI=1S/C24H22N2O3/c1-25(2)17-8-10-19-21(13-17)29-22-14-18(26(3)4)9-11-20(22)23(19)15-6-5-7-16(12-15)24(27)28/h5-14H,1-4H3/p+1.